The first-order valence-electron chi connectivity index (χ1n) is 7.30. The van der Waals surface area contributed by atoms with Gasteiger partial charge in [-0.25, -0.2) is 13.2 Å². The number of benzene rings is 1. The van der Waals surface area contributed by atoms with Crippen LogP contribution in [0.2, 0.25) is 5.02 Å². The highest BCUT2D eigenvalue weighted by Crippen LogP contribution is 2.23. The SMILES string of the molecule is COCCN(CCC(=O)Nc1cc(C(=O)OC)ccc1Cl)S(C)(=O)=O. The van der Waals surface area contributed by atoms with Crippen molar-refractivity contribution in [3.63, 3.8) is 0 Å². The van der Waals surface area contributed by atoms with Crippen molar-refractivity contribution in [3.8, 4) is 0 Å². The predicted molar refractivity (Wildman–Crippen MR) is 94.3 cm³/mol. The molecule has 0 heterocycles. The summed E-state index contributed by atoms with van der Waals surface area (Å²) in [7, 11) is -0.742. The molecule has 0 unspecified atom stereocenters. The summed E-state index contributed by atoms with van der Waals surface area (Å²) >= 11 is 6.00. The summed E-state index contributed by atoms with van der Waals surface area (Å²) in [6.07, 6.45) is 0.993. The molecule has 0 aromatic heterocycles. The van der Waals surface area contributed by atoms with Crippen LogP contribution >= 0.6 is 11.6 Å². The number of hydrogen-bond donors (Lipinski definition) is 1. The molecule has 0 radical (unpaired) electrons. The van der Waals surface area contributed by atoms with Crippen molar-refractivity contribution in [2.75, 3.05) is 45.5 Å². The Morgan fingerprint density at radius 2 is 1.92 bits per heavy atom. The highest BCUT2D eigenvalue weighted by Gasteiger charge is 2.18. The van der Waals surface area contributed by atoms with Gasteiger partial charge in [-0.1, -0.05) is 11.6 Å². The Hall–Kier alpha value is -1.68. The molecule has 0 bridgehead atoms. The van der Waals surface area contributed by atoms with Gasteiger partial charge in [0.2, 0.25) is 15.9 Å². The minimum Gasteiger partial charge on any atom is -0.465 e. The molecule has 1 aromatic rings. The number of hydrogen-bond acceptors (Lipinski definition) is 6. The number of carbonyl (C=O) groups excluding carboxylic acids is 2. The van der Waals surface area contributed by atoms with Gasteiger partial charge in [0.05, 0.1) is 36.2 Å². The van der Waals surface area contributed by atoms with E-state index in [2.05, 4.69) is 10.1 Å². The Labute approximate surface area is 152 Å². The average Bonchev–Trinajstić information content (AvgIpc) is 2.54. The Morgan fingerprint density at radius 3 is 2.48 bits per heavy atom. The van der Waals surface area contributed by atoms with Crippen LogP contribution in [0.4, 0.5) is 5.69 Å². The molecule has 1 rings (SSSR count). The number of ether oxygens (including phenoxy) is 2. The van der Waals surface area contributed by atoms with Crippen LogP contribution in [0.3, 0.4) is 0 Å². The first-order valence-corrected chi connectivity index (χ1v) is 9.53. The van der Waals surface area contributed by atoms with E-state index in [1.54, 1.807) is 0 Å². The smallest absolute Gasteiger partial charge is 0.337 e. The second-order valence-corrected chi connectivity index (χ2v) is 7.53. The second kappa shape index (κ2) is 9.71. The molecule has 0 aliphatic carbocycles. The maximum absolute atomic E-state index is 12.1. The van der Waals surface area contributed by atoms with Gasteiger partial charge >= 0.3 is 5.97 Å². The van der Waals surface area contributed by atoms with E-state index in [9.17, 15) is 18.0 Å². The summed E-state index contributed by atoms with van der Waals surface area (Å²) in [6, 6.07) is 4.33. The van der Waals surface area contributed by atoms with E-state index in [4.69, 9.17) is 16.3 Å². The van der Waals surface area contributed by atoms with Gasteiger partial charge in [-0.15, -0.1) is 0 Å². The summed E-state index contributed by atoms with van der Waals surface area (Å²) in [6.45, 7) is 0.380. The van der Waals surface area contributed by atoms with Gasteiger partial charge in [0, 0.05) is 26.6 Å². The van der Waals surface area contributed by atoms with Gasteiger partial charge in [-0.2, -0.15) is 4.31 Å². The van der Waals surface area contributed by atoms with Crippen LogP contribution in [-0.4, -0.2) is 64.8 Å². The van der Waals surface area contributed by atoms with Crippen molar-refractivity contribution in [1.82, 2.24) is 4.31 Å². The number of nitrogens with one attached hydrogen (secondary N) is 1. The van der Waals surface area contributed by atoms with Crippen LogP contribution in [0.15, 0.2) is 18.2 Å². The van der Waals surface area contributed by atoms with E-state index in [1.807, 2.05) is 0 Å². The van der Waals surface area contributed by atoms with E-state index in [1.165, 1.54) is 32.4 Å². The summed E-state index contributed by atoms with van der Waals surface area (Å²) < 4.78 is 34.0. The summed E-state index contributed by atoms with van der Waals surface area (Å²) in [4.78, 5) is 23.6. The van der Waals surface area contributed by atoms with Crippen LogP contribution in [-0.2, 0) is 24.3 Å². The van der Waals surface area contributed by atoms with Crippen molar-refractivity contribution in [2.24, 2.45) is 0 Å². The van der Waals surface area contributed by atoms with Gasteiger partial charge in [0.25, 0.3) is 0 Å². The lowest BCUT2D eigenvalue weighted by atomic mass is 10.2. The first-order chi connectivity index (χ1) is 11.7. The minimum absolute atomic E-state index is 0.00232. The van der Waals surface area contributed by atoms with Crippen molar-refractivity contribution in [3.05, 3.63) is 28.8 Å². The molecule has 1 N–H and O–H groups in total. The molecule has 8 nitrogen and oxygen atoms in total. The number of methoxy groups -OCH3 is 2. The normalized spacial score (nSPS) is 11.4. The number of halogens is 1. The Bertz CT molecular complexity index is 723. The third-order valence-electron chi connectivity index (χ3n) is 3.26. The zero-order valence-corrected chi connectivity index (χ0v) is 15.8. The Balaban J connectivity index is 2.74. The van der Waals surface area contributed by atoms with Crippen LogP contribution < -0.4 is 5.32 Å². The summed E-state index contributed by atoms with van der Waals surface area (Å²) in [5.41, 5.74) is 0.484. The quantitative estimate of drug-likeness (QED) is 0.636. The van der Waals surface area contributed by atoms with Crippen LogP contribution in [0.5, 0.6) is 0 Å². The van der Waals surface area contributed by atoms with E-state index in [0.29, 0.717) is 0 Å². The van der Waals surface area contributed by atoms with Gasteiger partial charge < -0.3 is 14.8 Å². The highest BCUT2D eigenvalue weighted by atomic mass is 35.5. The number of sulfonamides is 1. The standard InChI is InChI=1S/C15H21ClN2O6S/c1-23-9-8-18(25(3,21)22)7-6-14(19)17-13-10-11(15(20)24-2)4-5-12(13)16/h4-5,10H,6-9H2,1-3H3,(H,17,19). The third-order valence-corrected chi connectivity index (χ3v) is 4.90. The number of amides is 1. The fraction of sp³-hybridized carbons (Fsp3) is 0.467. The largest absolute Gasteiger partial charge is 0.465 e. The Kier molecular flexibility index (Phi) is 8.30. The van der Waals surface area contributed by atoms with Crippen LogP contribution in [0.1, 0.15) is 16.8 Å². The first kappa shape index (κ1) is 21.4. The molecule has 0 fully saturated rings. The number of rotatable bonds is 9. The number of carbonyl (C=O) groups is 2. The lowest BCUT2D eigenvalue weighted by molar-refractivity contribution is -0.116. The molecule has 0 aliphatic rings. The van der Waals surface area contributed by atoms with E-state index in [-0.39, 0.29) is 42.4 Å². The second-order valence-electron chi connectivity index (χ2n) is 5.14. The van der Waals surface area contributed by atoms with Crippen LogP contribution in [0.25, 0.3) is 0 Å². The van der Waals surface area contributed by atoms with Crippen molar-refractivity contribution >= 4 is 39.2 Å². The van der Waals surface area contributed by atoms with Gasteiger partial charge in [0.15, 0.2) is 0 Å². The third kappa shape index (κ3) is 6.99. The zero-order valence-electron chi connectivity index (χ0n) is 14.2. The summed E-state index contributed by atoms with van der Waals surface area (Å²) in [5.74, 6) is -0.995. The molecular weight excluding hydrogens is 372 g/mol. The van der Waals surface area contributed by atoms with Gasteiger partial charge in [-0.3, -0.25) is 4.79 Å². The molecule has 140 valence electrons. The zero-order chi connectivity index (χ0) is 19.0. The summed E-state index contributed by atoms with van der Waals surface area (Å²) in [5, 5.41) is 2.81. The van der Waals surface area contributed by atoms with Crippen LogP contribution in [0, 0.1) is 0 Å². The van der Waals surface area contributed by atoms with E-state index in [0.717, 1.165) is 10.6 Å². The monoisotopic (exact) mass is 392 g/mol. The van der Waals surface area contributed by atoms with E-state index < -0.39 is 21.9 Å². The molecule has 25 heavy (non-hydrogen) atoms. The van der Waals surface area contributed by atoms with Gasteiger partial charge in [0.1, 0.15) is 0 Å². The van der Waals surface area contributed by atoms with Gasteiger partial charge in [-0.05, 0) is 18.2 Å². The number of nitrogens with zero attached hydrogens (tertiary/aromatic N) is 1. The lowest BCUT2D eigenvalue weighted by Crippen LogP contribution is -2.35. The molecule has 1 aromatic carbocycles. The molecule has 0 atom stereocenters. The van der Waals surface area contributed by atoms with Crippen molar-refractivity contribution < 1.29 is 27.5 Å². The maximum atomic E-state index is 12.1. The fourth-order valence-electron chi connectivity index (χ4n) is 1.94. The van der Waals surface area contributed by atoms with E-state index >= 15 is 0 Å². The van der Waals surface area contributed by atoms with Crippen molar-refractivity contribution in [1.29, 1.82) is 0 Å². The molecule has 0 saturated heterocycles. The molecule has 0 aliphatic heterocycles. The lowest BCUT2D eigenvalue weighted by Gasteiger charge is -2.19. The Morgan fingerprint density at radius 1 is 1.24 bits per heavy atom. The highest BCUT2D eigenvalue weighted by molar-refractivity contribution is 7.88. The number of esters is 1. The average molecular weight is 393 g/mol. The minimum atomic E-state index is -3.45. The van der Waals surface area contributed by atoms with Crippen molar-refractivity contribution in [2.45, 2.75) is 6.42 Å². The molecule has 0 spiro atoms. The predicted octanol–water partition coefficient (Wildman–Crippen LogP) is 1.36. The maximum Gasteiger partial charge on any atom is 0.337 e. The molecule has 10 heteroatoms. The molecule has 0 saturated carbocycles. The number of anilines is 1. The molecular formula is C15H21ClN2O6S. The fourth-order valence-corrected chi connectivity index (χ4v) is 2.94. The topological polar surface area (TPSA) is 102 Å². The molecule has 1 amide bonds.